The zero-order valence-electron chi connectivity index (χ0n) is 21.0. The minimum atomic E-state index is -3.74. The summed E-state index contributed by atoms with van der Waals surface area (Å²) in [4.78, 5) is 27.9. The van der Waals surface area contributed by atoms with Crippen LogP contribution in [0.2, 0.25) is 0 Å². The van der Waals surface area contributed by atoms with Crippen molar-refractivity contribution >= 4 is 27.5 Å². The monoisotopic (exact) mass is 487 g/mol. The first-order chi connectivity index (χ1) is 16.0. The number of benzene rings is 2. The third-order valence-electron chi connectivity index (χ3n) is 6.18. The normalized spacial score (nSPS) is 13.1. The summed E-state index contributed by atoms with van der Waals surface area (Å²) < 4.78 is 26.5. The van der Waals surface area contributed by atoms with E-state index in [1.807, 2.05) is 64.1 Å². The molecule has 2 atom stereocenters. The molecule has 2 amide bonds. The molecule has 0 aromatic heterocycles. The minimum Gasteiger partial charge on any atom is -0.352 e. The highest BCUT2D eigenvalue weighted by Gasteiger charge is 2.30. The van der Waals surface area contributed by atoms with E-state index in [1.165, 1.54) is 4.90 Å². The Morgan fingerprint density at radius 3 is 2.24 bits per heavy atom. The standard InChI is InChI=1S/C26H37N3O4S/c1-7-20(3)27-26(31)22(5)28(17-16-23-13-9-8-10-14-23)25(30)18-29(34(6,32)33)24-15-11-12-19(2)21(24)4/h8-15,20,22H,7,16-18H2,1-6H3,(H,27,31). The highest BCUT2D eigenvalue weighted by Crippen LogP contribution is 2.25. The maximum Gasteiger partial charge on any atom is 0.244 e. The van der Waals surface area contributed by atoms with Gasteiger partial charge in [-0.05, 0) is 63.3 Å². The number of carbonyl (C=O) groups is 2. The van der Waals surface area contributed by atoms with E-state index in [1.54, 1.807) is 19.1 Å². The third-order valence-corrected chi connectivity index (χ3v) is 7.30. The predicted molar refractivity (Wildman–Crippen MR) is 137 cm³/mol. The molecule has 34 heavy (non-hydrogen) atoms. The van der Waals surface area contributed by atoms with E-state index in [2.05, 4.69) is 5.32 Å². The average Bonchev–Trinajstić information content (AvgIpc) is 2.79. The molecule has 0 saturated heterocycles. The maximum atomic E-state index is 13.5. The van der Waals surface area contributed by atoms with Crippen molar-refractivity contribution in [3.05, 3.63) is 65.2 Å². The summed E-state index contributed by atoms with van der Waals surface area (Å²) in [6.07, 6.45) is 2.41. The molecule has 0 radical (unpaired) electrons. The van der Waals surface area contributed by atoms with Gasteiger partial charge in [0.2, 0.25) is 21.8 Å². The van der Waals surface area contributed by atoms with Gasteiger partial charge in [0.1, 0.15) is 12.6 Å². The van der Waals surface area contributed by atoms with Crippen LogP contribution in [-0.4, -0.2) is 56.6 Å². The zero-order valence-corrected chi connectivity index (χ0v) is 21.9. The van der Waals surface area contributed by atoms with Crippen LogP contribution in [0, 0.1) is 13.8 Å². The Morgan fingerprint density at radius 1 is 1.00 bits per heavy atom. The quantitative estimate of drug-likeness (QED) is 0.526. The maximum absolute atomic E-state index is 13.5. The fraction of sp³-hybridized carbons (Fsp3) is 0.462. The molecule has 0 fully saturated rings. The van der Waals surface area contributed by atoms with Crippen LogP contribution in [0.1, 0.15) is 43.9 Å². The molecule has 0 aliphatic carbocycles. The number of rotatable bonds is 11. The molecular formula is C26H37N3O4S. The molecule has 2 unspecified atom stereocenters. The van der Waals surface area contributed by atoms with Crippen molar-refractivity contribution in [1.29, 1.82) is 0 Å². The van der Waals surface area contributed by atoms with Crippen LogP contribution in [0.4, 0.5) is 5.69 Å². The van der Waals surface area contributed by atoms with Crippen molar-refractivity contribution in [1.82, 2.24) is 10.2 Å². The molecular weight excluding hydrogens is 450 g/mol. The van der Waals surface area contributed by atoms with Crippen LogP contribution in [0.5, 0.6) is 0 Å². The summed E-state index contributed by atoms with van der Waals surface area (Å²) in [5, 5.41) is 2.93. The van der Waals surface area contributed by atoms with Gasteiger partial charge in [0, 0.05) is 12.6 Å². The van der Waals surface area contributed by atoms with Crippen LogP contribution >= 0.6 is 0 Å². The number of aryl methyl sites for hydroxylation is 1. The lowest BCUT2D eigenvalue weighted by molar-refractivity contribution is -0.139. The SMILES string of the molecule is CCC(C)NC(=O)C(C)N(CCc1ccccc1)C(=O)CN(c1cccc(C)c1C)S(C)(=O)=O. The first-order valence-corrected chi connectivity index (χ1v) is 13.5. The van der Waals surface area contributed by atoms with E-state index in [4.69, 9.17) is 0 Å². The number of anilines is 1. The molecule has 0 aliphatic rings. The zero-order chi connectivity index (χ0) is 25.5. The summed E-state index contributed by atoms with van der Waals surface area (Å²) in [6.45, 7) is 9.22. The predicted octanol–water partition coefficient (Wildman–Crippen LogP) is 3.44. The Labute approximate surface area is 204 Å². The van der Waals surface area contributed by atoms with E-state index < -0.39 is 22.0 Å². The Hall–Kier alpha value is -2.87. The van der Waals surface area contributed by atoms with Gasteiger partial charge in [0.25, 0.3) is 0 Å². The summed E-state index contributed by atoms with van der Waals surface area (Å²) in [5.41, 5.74) is 3.22. The van der Waals surface area contributed by atoms with Gasteiger partial charge in [-0.2, -0.15) is 0 Å². The van der Waals surface area contributed by atoms with E-state index in [0.29, 0.717) is 18.7 Å². The molecule has 2 aromatic carbocycles. The Kier molecular flexibility index (Phi) is 9.67. The Bertz CT molecular complexity index is 1090. The number of nitrogens with zero attached hydrogens (tertiary/aromatic N) is 2. The highest BCUT2D eigenvalue weighted by molar-refractivity contribution is 7.92. The second-order valence-electron chi connectivity index (χ2n) is 8.81. The van der Waals surface area contributed by atoms with Crippen molar-refractivity contribution in [3.63, 3.8) is 0 Å². The largest absolute Gasteiger partial charge is 0.352 e. The van der Waals surface area contributed by atoms with Crippen LogP contribution in [-0.2, 0) is 26.0 Å². The minimum absolute atomic E-state index is 0.0245. The van der Waals surface area contributed by atoms with E-state index >= 15 is 0 Å². The van der Waals surface area contributed by atoms with Crippen molar-refractivity contribution in [2.24, 2.45) is 0 Å². The summed E-state index contributed by atoms with van der Waals surface area (Å²) in [5.74, 6) is -0.678. The molecule has 186 valence electrons. The van der Waals surface area contributed by atoms with Crippen molar-refractivity contribution in [2.45, 2.75) is 59.5 Å². The topological polar surface area (TPSA) is 86.8 Å². The van der Waals surface area contributed by atoms with Gasteiger partial charge in [-0.15, -0.1) is 0 Å². The van der Waals surface area contributed by atoms with Gasteiger partial charge in [-0.3, -0.25) is 13.9 Å². The molecule has 0 bridgehead atoms. The smallest absolute Gasteiger partial charge is 0.244 e. The molecule has 7 nitrogen and oxygen atoms in total. The summed E-state index contributed by atoms with van der Waals surface area (Å²) >= 11 is 0. The van der Waals surface area contributed by atoms with E-state index in [-0.39, 0.29) is 18.5 Å². The summed E-state index contributed by atoms with van der Waals surface area (Å²) in [6, 6.07) is 14.3. The number of hydrogen-bond acceptors (Lipinski definition) is 4. The Balaban J connectivity index is 2.35. The van der Waals surface area contributed by atoms with Crippen molar-refractivity contribution in [3.8, 4) is 0 Å². The average molecular weight is 488 g/mol. The van der Waals surface area contributed by atoms with Gasteiger partial charge < -0.3 is 10.2 Å². The molecule has 2 aromatic rings. The lowest BCUT2D eigenvalue weighted by atomic mass is 10.1. The first kappa shape index (κ1) is 27.4. The van der Waals surface area contributed by atoms with Gasteiger partial charge >= 0.3 is 0 Å². The van der Waals surface area contributed by atoms with Crippen LogP contribution in [0.3, 0.4) is 0 Å². The lowest BCUT2D eigenvalue weighted by Crippen LogP contribution is -2.53. The van der Waals surface area contributed by atoms with Crippen molar-refractivity contribution in [2.75, 3.05) is 23.7 Å². The third kappa shape index (κ3) is 7.32. The number of sulfonamides is 1. The molecule has 0 aliphatic heterocycles. The second kappa shape index (κ2) is 12.0. The van der Waals surface area contributed by atoms with Crippen LogP contribution < -0.4 is 9.62 Å². The molecule has 1 N–H and O–H groups in total. The fourth-order valence-electron chi connectivity index (χ4n) is 3.64. The fourth-order valence-corrected chi connectivity index (χ4v) is 4.54. The molecule has 0 spiro atoms. The second-order valence-corrected chi connectivity index (χ2v) is 10.7. The van der Waals surface area contributed by atoms with Crippen molar-refractivity contribution < 1.29 is 18.0 Å². The molecule has 0 saturated carbocycles. The molecule has 8 heteroatoms. The number of nitrogens with one attached hydrogen (secondary N) is 1. The number of amides is 2. The van der Waals surface area contributed by atoms with Gasteiger partial charge in [-0.25, -0.2) is 8.42 Å². The first-order valence-electron chi connectivity index (χ1n) is 11.6. The summed E-state index contributed by atoms with van der Waals surface area (Å²) in [7, 11) is -3.74. The van der Waals surface area contributed by atoms with Gasteiger partial charge in [0.05, 0.1) is 11.9 Å². The highest BCUT2D eigenvalue weighted by atomic mass is 32.2. The van der Waals surface area contributed by atoms with Crippen LogP contribution in [0.25, 0.3) is 0 Å². The van der Waals surface area contributed by atoms with Gasteiger partial charge in [0.15, 0.2) is 0 Å². The molecule has 0 heterocycles. The number of carbonyl (C=O) groups excluding carboxylic acids is 2. The van der Waals surface area contributed by atoms with Gasteiger partial charge in [-0.1, -0.05) is 49.4 Å². The van der Waals surface area contributed by atoms with E-state index in [9.17, 15) is 18.0 Å². The Morgan fingerprint density at radius 2 is 1.65 bits per heavy atom. The molecule has 2 rings (SSSR count). The lowest BCUT2D eigenvalue weighted by Gasteiger charge is -2.32. The van der Waals surface area contributed by atoms with E-state index in [0.717, 1.165) is 33.7 Å². The van der Waals surface area contributed by atoms with Crippen LogP contribution in [0.15, 0.2) is 48.5 Å². The number of hydrogen-bond donors (Lipinski definition) is 1.